The average Bonchev–Trinajstić information content (AvgIpc) is 2.02. The summed E-state index contributed by atoms with van der Waals surface area (Å²) in [4.78, 5) is 11.1. The number of amides is 1. The monoisotopic (exact) mass is 192 g/mol. The fourth-order valence-corrected chi connectivity index (χ4v) is 2.58. The van der Waals surface area contributed by atoms with Gasteiger partial charge >= 0.3 is 10.2 Å². The maximum absolute atomic E-state index is 11.1. The van der Waals surface area contributed by atoms with Gasteiger partial charge in [-0.3, -0.25) is 4.79 Å². The number of nitrogens with one attached hydrogen (secondary N) is 2. The van der Waals surface area contributed by atoms with E-state index in [0.29, 0.717) is 6.42 Å². The number of carbonyl (C=O) groups excluding carboxylic acids is 1. The zero-order valence-electron chi connectivity index (χ0n) is 7.05. The molecular formula is C6H12N2O3S. The van der Waals surface area contributed by atoms with Crippen molar-refractivity contribution in [2.24, 2.45) is 0 Å². The van der Waals surface area contributed by atoms with E-state index in [9.17, 15) is 13.2 Å². The second-order valence-corrected chi connectivity index (χ2v) is 4.53. The average molecular weight is 192 g/mol. The van der Waals surface area contributed by atoms with Crippen molar-refractivity contribution in [2.45, 2.75) is 32.2 Å². The quantitative estimate of drug-likeness (QED) is 0.620. The van der Waals surface area contributed by atoms with Crippen molar-refractivity contribution in [3.05, 3.63) is 0 Å². The molecule has 12 heavy (non-hydrogen) atoms. The molecular weight excluding hydrogens is 180 g/mol. The standard InChI is InChI=1S/C6H12N2O3S/c1-3-4-6(2)5(9)7-12(10,11)8-6/h8H,3-4H2,1-2H3,(H,7,9). The Morgan fingerprint density at radius 3 is 2.42 bits per heavy atom. The van der Waals surface area contributed by atoms with Gasteiger partial charge in [-0.1, -0.05) is 13.3 Å². The van der Waals surface area contributed by atoms with Gasteiger partial charge in [0.05, 0.1) is 0 Å². The molecule has 1 aliphatic rings. The van der Waals surface area contributed by atoms with E-state index in [2.05, 4.69) is 4.72 Å². The molecule has 1 heterocycles. The molecule has 1 amide bonds. The molecule has 0 saturated carbocycles. The summed E-state index contributed by atoms with van der Waals surface area (Å²) in [5, 5.41) is 0. The Labute approximate surface area is 71.7 Å². The van der Waals surface area contributed by atoms with Gasteiger partial charge in [-0.15, -0.1) is 0 Å². The van der Waals surface area contributed by atoms with E-state index in [4.69, 9.17) is 0 Å². The van der Waals surface area contributed by atoms with Crippen molar-refractivity contribution >= 4 is 16.1 Å². The van der Waals surface area contributed by atoms with Gasteiger partial charge in [0.2, 0.25) is 0 Å². The van der Waals surface area contributed by atoms with Crippen molar-refractivity contribution in [3.8, 4) is 0 Å². The summed E-state index contributed by atoms with van der Waals surface area (Å²) < 4.78 is 25.9. The fourth-order valence-electron chi connectivity index (χ4n) is 1.27. The summed E-state index contributed by atoms with van der Waals surface area (Å²) in [5.41, 5.74) is -0.951. The van der Waals surface area contributed by atoms with Crippen LogP contribution in [0.5, 0.6) is 0 Å². The molecule has 0 radical (unpaired) electrons. The lowest BCUT2D eigenvalue weighted by molar-refractivity contribution is -0.123. The van der Waals surface area contributed by atoms with Gasteiger partial charge in [-0.05, 0) is 13.3 Å². The molecule has 1 saturated heterocycles. The minimum Gasteiger partial charge on any atom is -0.272 e. The first-order chi connectivity index (χ1) is 5.40. The molecule has 70 valence electrons. The highest BCUT2D eigenvalue weighted by Crippen LogP contribution is 2.18. The van der Waals surface area contributed by atoms with Crippen molar-refractivity contribution in [1.82, 2.24) is 9.44 Å². The highest BCUT2D eigenvalue weighted by atomic mass is 32.2. The normalized spacial score (nSPS) is 33.3. The second kappa shape index (κ2) is 2.70. The molecule has 1 fully saturated rings. The Morgan fingerprint density at radius 1 is 1.50 bits per heavy atom. The first kappa shape index (κ1) is 9.47. The molecule has 1 unspecified atom stereocenters. The van der Waals surface area contributed by atoms with E-state index in [1.165, 1.54) is 0 Å². The number of hydrogen-bond donors (Lipinski definition) is 2. The van der Waals surface area contributed by atoms with Crippen LogP contribution in [-0.2, 0) is 15.0 Å². The van der Waals surface area contributed by atoms with Crippen LogP contribution in [0.25, 0.3) is 0 Å². The van der Waals surface area contributed by atoms with Crippen LogP contribution < -0.4 is 9.44 Å². The van der Waals surface area contributed by atoms with Crippen molar-refractivity contribution in [2.75, 3.05) is 0 Å². The molecule has 1 rings (SSSR count). The summed E-state index contributed by atoms with van der Waals surface area (Å²) in [6, 6.07) is 0. The maximum atomic E-state index is 11.1. The second-order valence-electron chi connectivity index (χ2n) is 3.12. The highest BCUT2D eigenvalue weighted by Gasteiger charge is 2.44. The van der Waals surface area contributed by atoms with Crippen LogP contribution in [0.3, 0.4) is 0 Å². The molecule has 2 N–H and O–H groups in total. The smallest absolute Gasteiger partial charge is 0.272 e. The molecule has 0 aliphatic carbocycles. The summed E-state index contributed by atoms with van der Waals surface area (Å²) in [5.74, 6) is -0.468. The van der Waals surface area contributed by atoms with Gasteiger partial charge in [0.1, 0.15) is 5.54 Å². The van der Waals surface area contributed by atoms with Gasteiger partial charge < -0.3 is 0 Å². The van der Waals surface area contributed by atoms with E-state index in [-0.39, 0.29) is 0 Å². The Kier molecular flexibility index (Phi) is 2.13. The fraction of sp³-hybridized carbons (Fsp3) is 0.833. The molecule has 1 aliphatic heterocycles. The van der Waals surface area contributed by atoms with Gasteiger partial charge in [0.25, 0.3) is 5.91 Å². The van der Waals surface area contributed by atoms with Crippen molar-refractivity contribution < 1.29 is 13.2 Å². The van der Waals surface area contributed by atoms with Crippen LogP contribution in [0.15, 0.2) is 0 Å². The predicted octanol–water partition coefficient (Wildman–Crippen LogP) is -0.491. The number of carbonyl (C=O) groups is 1. The summed E-state index contributed by atoms with van der Waals surface area (Å²) in [6.07, 6.45) is 1.27. The zero-order chi connectivity index (χ0) is 9.41. The van der Waals surface area contributed by atoms with Crippen LogP contribution in [-0.4, -0.2) is 19.9 Å². The third-order valence-corrected chi connectivity index (χ3v) is 3.01. The lowest BCUT2D eigenvalue weighted by atomic mass is 9.97. The van der Waals surface area contributed by atoms with E-state index in [0.717, 1.165) is 6.42 Å². The summed E-state index contributed by atoms with van der Waals surface area (Å²) >= 11 is 0. The number of rotatable bonds is 2. The maximum Gasteiger partial charge on any atom is 0.302 e. The zero-order valence-corrected chi connectivity index (χ0v) is 7.86. The third-order valence-electron chi connectivity index (χ3n) is 1.84. The predicted molar refractivity (Wildman–Crippen MR) is 43.5 cm³/mol. The molecule has 5 nitrogen and oxygen atoms in total. The molecule has 6 heteroatoms. The SMILES string of the molecule is CCCC1(C)NS(=O)(=O)NC1=O. The van der Waals surface area contributed by atoms with Crippen LogP contribution in [0.2, 0.25) is 0 Å². The van der Waals surface area contributed by atoms with Crippen LogP contribution in [0, 0.1) is 0 Å². The molecule has 0 aromatic carbocycles. The van der Waals surface area contributed by atoms with Gasteiger partial charge in [-0.2, -0.15) is 13.1 Å². The summed E-state index contributed by atoms with van der Waals surface area (Å²) in [7, 11) is -3.57. The first-order valence-corrected chi connectivity index (χ1v) is 5.24. The Morgan fingerprint density at radius 2 is 2.08 bits per heavy atom. The van der Waals surface area contributed by atoms with E-state index in [1.807, 2.05) is 11.6 Å². The van der Waals surface area contributed by atoms with E-state index in [1.54, 1.807) is 6.92 Å². The highest BCUT2D eigenvalue weighted by molar-refractivity contribution is 7.88. The summed E-state index contributed by atoms with van der Waals surface area (Å²) in [6.45, 7) is 3.47. The lowest BCUT2D eigenvalue weighted by Crippen LogP contribution is -2.43. The van der Waals surface area contributed by atoms with E-state index < -0.39 is 21.7 Å². The largest absolute Gasteiger partial charge is 0.302 e. The molecule has 0 aromatic heterocycles. The topological polar surface area (TPSA) is 75.3 Å². The Balaban J connectivity index is 2.89. The number of hydrogen-bond acceptors (Lipinski definition) is 3. The van der Waals surface area contributed by atoms with E-state index >= 15 is 0 Å². The van der Waals surface area contributed by atoms with Gasteiger partial charge in [0.15, 0.2) is 0 Å². The molecule has 0 spiro atoms. The van der Waals surface area contributed by atoms with Gasteiger partial charge in [0, 0.05) is 0 Å². The van der Waals surface area contributed by atoms with Crippen LogP contribution in [0.1, 0.15) is 26.7 Å². The van der Waals surface area contributed by atoms with Crippen molar-refractivity contribution in [3.63, 3.8) is 0 Å². The Bertz CT molecular complexity index is 298. The molecule has 0 bridgehead atoms. The van der Waals surface area contributed by atoms with Crippen molar-refractivity contribution in [1.29, 1.82) is 0 Å². The minimum absolute atomic E-state index is 0.468. The Hall–Kier alpha value is -0.620. The molecule has 1 atom stereocenters. The molecule has 0 aromatic rings. The first-order valence-electron chi connectivity index (χ1n) is 3.76. The van der Waals surface area contributed by atoms with Crippen LogP contribution in [0.4, 0.5) is 0 Å². The minimum atomic E-state index is -3.57. The van der Waals surface area contributed by atoms with Gasteiger partial charge in [-0.25, -0.2) is 4.72 Å². The lowest BCUT2D eigenvalue weighted by Gasteiger charge is -2.17. The van der Waals surface area contributed by atoms with Crippen LogP contribution >= 0.6 is 0 Å². The third kappa shape index (κ3) is 1.59.